The Kier molecular flexibility index (Phi) is 3.66. The van der Waals surface area contributed by atoms with Gasteiger partial charge in [0, 0.05) is 18.0 Å². The van der Waals surface area contributed by atoms with Gasteiger partial charge in [0.05, 0.1) is 0 Å². The van der Waals surface area contributed by atoms with Crippen molar-refractivity contribution in [2.45, 2.75) is 19.3 Å². The van der Waals surface area contributed by atoms with Crippen LogP contribution in [0.2, 0.25) is 0 Å². The van der Waals surface area contributed by atoms with E-state index in [9.17, 15) is 4.79 Å². The maximum atomic E-state index is 12.0. The molecule has 0 saturated carbocycles. The lowest BCUT2D eigenvalue weighted by atomic mass is 10.0. The number of hydrogen-bond donors (Lipinski definition) is 0. The zero-order chi connectivity index (χ0) is 12.1. The van der Waals surface area contributed by atoms with E-state index in [0.29, 0.717) is 12.1 Å². The van der Waals surface area contributed by atoms with Gasteiger partial charge in [-0.25, -0.2) is 0 Å². The smallest absolute Gasteiger partial charge is 0.181 e. The quantitative estimate of drug-likeness (QED) is 0.440. The molecule has 2 heteroatoms. The highest BCUT2D eigenvalue weighted by atomic mass is 16.1. The fraction of sp³-hybridized carbons (Fsp3) is 0.200. The normalized spacial score (nSPS) is 10.4. The molecule has 0 atom stereocenters. The summed E-state index contributed by atoms with van der Waals surface area (Å²) in [6, 6.07) is 9.77. The minimum absolute atomic E-state index is 0.114. The Bertz CT molecular complexity index is 540. The number of Topliss-reactive ketones (excluding diaryl/α,β-unsaturated/α-hetero) is 1. The standard InChI is InChI=1S/C15H15NO/c1-2-3-4-9-14(17)15-13-8-6-5-7-12(13)10-11-16-15/h2,5-8,10-11H,1,3-4,9H2. The van der Waals surface area contributed by atoms with Gasteiger partial charge in [0.1, 0.15) is 5.69 Å². The molecule has 0 N–H and O–H groups in total. The summed E-state index contributed by atoms with van der Waals surface area (Å²) < 4.78 is 0. The van der Waals surface area contributed by atoms with Crippen molar-refractivity contribution in [1.29, 1.82) is 0 Å². The van der Waals surface area contributed by atoms with Crippen molar-refractivity contribution in [1.82, 2.24) is 4.98 Å². The average molecular weight is 225 g/mol. The summed E-state index contributed by atoms with van der Waals surface area (Å²) in [7, 11) is 0. The topological polar surface area (TPSA) is 30.0 Å². The molecule has 1 heterocycles. The monoisotopic (exact) mass is 225 g/mol. The van der Waals surface area contributed by atoms with Gasteiger partial charge in [0.15, 0.2) is 5.78 Å². The van der Waals surface area contributed by atoms with Crippen LogP contribution in [0.4, 0.5) is 0 Å². The van der Waals surface area contributed by atoms with Crippen LogP contribution in [0.5, 0.6) is 0 Å². The van der Waals surface area contributed by atoms with E-state index in [1.807, 2.05) is 36.4 Å². The Labute approximate surface area is 101 Å². The summed E-state index contributed by atoms with van der Waals surface area (Å²) in [4.78, 5) is 16.2. The molecule has 0 radical (unpaired) electrons. The average Bonchev–Trinajstić information content (AvgIpc) is 2.38. The highest BCUT2D eigenvalue weighted by molar-refractivity contribution is 6.06. The molecular weight excluding hydrogens is 210 g/mol. The molecular formula is C15H15NO. The van der Waals surface area contributed by atoms with Gasteiger partial charge in [0.2, 0.25) is 0 Å². The summed E-state index contributed by atoms with van der Waals surface area (Å²) in [5.74, 6) is 0.114. The number of pyridine rings is 1. The first-order valence-corrected chi connectivity index (χ1v) is 5.81. The van der Waals surface area contributed by atoms with Gasteiger partial charge < -0.3 is 0 Å². The number of benzene rings is 1. The number of nitrogens with zero attached hydrogens (tertiary/aromatic N) is 1. The van der Waals surface area contributed by atoms with Crippen molar-refractivity contribution >= 4 is 16.6 Å². The molecule has 2 rings (SSSR count). The first-order valence-electron chi connectivity index (χ1n) is 5.81. The minimum Gasteiger partial charge on any atom is -0.292 e. The van der Waals surface area contributed by atoms with Crippen molar-refractivity contribution < 1.29 is 4.79 Å². The molecule has 0 saturated heterocycles. The molecule has 0 unspecified atom stereocenters. The van der Waals surface area contributed by atoms with Gasteiger partial charge in [-0.15, -0.1) is 6.58 Å². The number of aromatic nitrogens is 1. The number of hydrogen-bond acceptors (Lipinski definition) is 2. The third kappa shape index (κ3) is 2.59. The van der Waals surface area contributed by atoms with Crippen LogP contribution in [0.3, 0.4) is 0 Å². The fourth-order valence-electron chi connectivity index (χ4n) is 1.87. The lowest BCUT2D eigenvalue weighted by Crippen LogP contribution is -2.02. The Hall–Kier alpha value is -1.96. The Morgan fingerprint density at radius 1 is 1.29 bits per heavy atom. The van der Waals surface area contributed by atoms with Crippen LogP contribution in [-0.2, 0) is 0 Å². The van der Waals surface area contributed by atoms with Crippen molar-refractivity contribution in [3.05, 3.63) is 54.9 Å². The zero-order valence-electron chi connectivity index (χ0n) is 9.73. The van der Waals surface area contributed by atoms with Crippen LogP contribution >= 0.6 is 0 Å². The van der Waals surface area contributed by atoms with Crippen molar-refractivity contribution in [2.24, 2.45) is 0 Å². The molecule has 1 aromatic carbocycles. The van der Waals surface area contributed by atoms with Crippen LogP contribution in [0, 0.1) is 0 Å². The predicted molar refractivity (Wildman–Crippen MR) is 70.1 cm³/mol. The molecule has 2 nitrogen and oxygen atoms in total. The molecule has 0 aliphatic carbocycles. The van der Waals surface area contributed by atoms with E-state index in [0.717, 1.165) is 23.6 Å². The zero-order valence-corrected chi connectivity index (χ0v) is 9.73. The van der Waals surface area contributed by atoms with Crippen LogP contribution in [0.25, 0.3) is 10.8 Å². The van der Waals surface area contributed by atoms with E-state index in [4.69, 9.17) is 0 Å². The lowest BCUT2D eigenvalue weighted by molar-refractivity contribution is 0.0977. The summed E-state index contributed by atoms with van der Waals surface area (Å²) in [5, 5.41) is 2.01. The van der Waals surface area contributed by atoms with Crippen LogP contribution in [0.15, 0.2) is 49.2 Å². The molecule has 0 fully saturated rings. The largest absolute Gasteiger partial charge is 0.292 e. The van der Waals surface area contributed by atoms with Gasteiger partial charge in [-0.3, -0.25) is 9.78 Å². The molecule has 86 valence electrons. The summed E-state index contributed by atoms with van der Waals surface area (Å²) in [6.07, 6.45) is 5.78. The van der Waals surface area contributed by atoms with E-state index >= 15 is 0 Å². The number of allylic oxidation sites excluding steroid dienone is 1. The molecule has 0 spiro atoms. The Morgan fingerprint density at radius 3 is 2.94 bits per heavy atom. The summed E-state index contributed by atoms with van der Waals surface area (Å²) >= 11 is 0. The van der Waals surface area contributed by atoms with Gasteiger partial charge in [0.25, 0.3) is 0 Å². The highest BCUT2D eigenvalue weighted by Gasteiger charge is 2.10. The third-order valence-electron chi connectivity index (χ3n) is 2.75. The second-order valence-electron chi connectivity index (χ2n) is 3.98. The van der Waals surface area contributed by atoms with Crippen LogP contribution in [0.1, 0.15) is 29.8 Å². The second-order valence-corrected chi connectivity index (χ2v) is 3.98. The van der Waals surface area contributed by atoms with Gasteiger partial charge in [-0.1, -0.05) is 30.3 Å². The number of ketones is 1. The van der Waals surface area contributed by atoms with Crippen LogP contribution in [-0.4, -0.2) is 10.8 Å². The molecule has 0 bridgehead atoms. The fourth-order valence-corrected chi connectivity index (χ4v) is 1.87. The lowest BCUT2D eigenvalue weighted by Gasteiger charge is -2.03. The number of unbranched alkanes of at least 4 members (excludes halogenated alkanes) is 1. The summed E-state index contributed by atoms with van der Waals surface area (Å²) in [5.41, 5.74) is 0.590. The predicted octanol–water partition coefficient (Wildman–Crippen LogP) is 3.77. The number of fused-ring (bicyclic) bond motifs is 1. The van der Waals surface area contributed by atoms with Crippen LogP contribution < -0.4 is 0 Å². The van der Waals surface area contributed by atoms with E-state index < -0.39 is 0 Å². The number of carbonyl (C=O) groups is 1. The first-order chi connectivity index (χ1) is 8.33. The second kappa shape index (κ2) is 5.39. The van der Waals surface area contributed by atoms with Crippen molar-refractivity contribution in [3.8, 4) is 0 Å². The highest BCUT2D eigenvalue weighted by Crippen LogP contribution is 2.18. The summed E-state index contributed by atoms with van der Waals surface area (Å²) in [6.45, 7) is 3.65. The third-order valence-corrected chi connectivity index (χ3v) is 2.75. The Morgan fingerprint density at radius 2 is 2.12 bits per heavy atom. The van der Waals surface area contributed by atoms with E-state index in [2.05, 4.69) is 11.6 Å². The molecule has 0 amide bonds. The Balaban J connectivity index is 2.28. The van der Waals surface area contributed by atoms with Crippen molar-refractivity contribution in [2.75, 3.05) is 0 Å². The molecule has 0 aliphatic rings. The van der Waals surface area contributed by atoms with E-state index in [1.54, 1.807) is 6.20 Å². The number of carbonyl (C=O) groups excluding carboxylic acids is 1. The van der Waals surface area contributed by atoms with Gasteiger partial charge >= 0.3 is 0 Å². The maximum absolute atomic E-state index is 12.0. The molecule has 0 aliphatic heterocycles. The minimum atomic E-state index is 0.114. The SMILES string of the molecule is C=CCCCC(=O)c1nccc2ccccc12. The first kappa shape index (κ1) is 11.5. The van der Waals surface area contributed by atoms with E-state index in [1.165, 1.54) is 0 Å². The van der Waals surface area contributed by atoms with E-state index in [-0.39, 0.29) is 5.78 Å². The molecule has 1 aromatic heterocycles. The van der Waals surface area contributed by atoms with Gasteiger partial charge in [-0.2, -0.15) is 0 Å². The molecule has 2 aromatic rings. The van der Waals surface area contributed by atoms with Gasteiger partial charge in [-0.05, 0) is 24.3 Å². The molecule has 17 heavy (non-hydrogen) atoms. The maximum Gasteiger partial charge on any atom is 0.181 e. The number of rotatable bonds is 5. The van der Waals surface area contributed by atoms with Crippen molar-refractivity contribution in [3.63, 3.8) is 0 Å².